The number of hydrogen-bond acceptors (Lipinski definition) is 3. The lowest BCUT2D eigenvalue weighted by Crippen LogP contribution is -2.20. The van der Waals surface area contributed by atoms with E-state index in [1.54, 1.807) is 21.6 Å². The molecule has 0 aliphatic heterocycles. The van der Waals surface area contributed by atoms with Crippen LogP contribution in [0, 0.1) is 0 Å². The van der Waals surface area contributed by atoms with E-state index in [4.69, 9.17) is 4.74 Å². The molecule has 0 bridgehead atoms. The lowest BCUT2D eigenvalue weighted by Gasteiger charge is -2.30. The van der Waals surface area contributed by atoms with Crippen molar-refractivity contribution < 1.29 is 4.74 Å². The number of rotatable bonds is 6. The van der Waals surface area contributed by atoms with Crippen molar-refractivity contribution in [1.29, 1.82) is 0 Å². The van der Waals surface area contributed by atoms with Crippen LogP contribution in [0.5, 0.6) is 5.75 Å². The molecule has 1 aromatic rings. The summed E-state index contributed by atoms with van der Waals surface area (Å²) in [6.07, 6.45) is 2.17. The fourth-order valence-corrected chi connectivity index (χ4v) is 3.29. The van der Waals surface area contributed by atoms with E-state index in [1.165, 1.54) is 16.7 Å². The van der Waals surface area contributed by atoms with Crippen LogP contribution < -0.4 is 4.74 Å². The lowest BCUT2D eigenvalue weighted by atomic mass is 9.78. The third-order valence-electron chi connectivity index (χ3n) is 3.46. The van der Waals surface area contributed by atoms with Crippen molar-refractivity contribution in [2.75, 3.05) is 6.61 Å². The van der Waals surface area contributed by atoms with Gasteiger partial charge in [-0.2, -0.15) is 0 Å². The summed E-state index contributed by atoms with van der Waals surface area (Å²) >= 11 is 0. The first kappa shape index (κ1) is 24.2. The molecule has 0 atom stereocenters. The van der Waals surface area contributed by atoms with Crippen LogP contribution >= 0.6 is 21.6 Å². The maximum atomic E-state index is 6.07. The Morgan fingerprint density at radius 3 is 1.80 bits per heavy atom. The molecular weight excluding hydrogens is 344 g/mol. The molecule has 0 aromatic heterocycles. The first-order chi connectivity index (χ1) is 11.6. The van der Waals surface area contributed by atoms with Crippen molar-refractivity contribution in [3.63, 3.8) is 0 Å². The zero-order valence-corrected chi connectivity index (χ0v) is 19.2. The highest BCUT2D eigenvalue weighted by Gasteiger charge is 2.27. The van der Waals surface area contributed by atoms with Gasteiger partial charge in [0.2, 0.25) is 0 Å². The van der Waals surface area contributed by atoms with Gasteiger partial charge in [-0.25, -0.2) is 0 Å². The average Bonchev–Trinajstić information content (AvgIpc) is 2.52. The highest BCUT2D eigenvalue weighted by atomic mass is 33.1. The quantitative estimate of drug-likeness (QED) is 0.363. The van der Waals surface area contributed by atoms with Crippen molar-refractivity contribution >= 4 is 27.7 Å². The molecule has 142 valence electrons. The molecular formula is C22H36OS2. The van der Waals surface area contributed by atoms with Gasteiger partial charge in [0, 0.05) is 11.1 Å². The second-order valence-corrected chi connectivity index (χ2v) is 9.69. The van der Waals surface area contributed by atoms with E-state index in [0.29, 0.717) is 6.61 Å². The van der Waals surface area contributed by atoms with E-state index in [1.807, 2.05) is 19.3 Å². The predicted octanol–water partition coefficient (Wildman–Crippen LogP) is 8.20. The van der Waals surface area contributed by atoms with Crippen LogP contribution in [0.15, 0.2) is 29.5 Å². The Labute approximate surface area is 164 Å². The zero-order chi connectivity index (χ0) is 19.7. The summed E-state index contributed by atoms with van der Waals surface area (Å²) in [4.78, 5) is 0. The van der Waals surface area contributed by atoms with Gasteiger partial charge >= 0.3 is 0 Å². The number of benzene rings is 1. The summed E-state index contributed by atoms with van der Waals surface area (Å²) in [6.45, 7) is 23.9. The molecule has 0 fully saturated rings. The average molecular weight is 381 g/mol. The zero-order valence-electron chi connectivity index (χ0n) is 17.5. The third-order valence-corrected chi connectivity index (χ3v) is 5.02. The number of ether oxygens (including phenoxy) is 1. The van der Waals surface area contributed by atoms with Gasteiger partial charge in [-0.15, -0.1) is 0 Å². The third kappa shape index (κ3) is 7.96. The van der Waals surface area contributed by atoms with Crippen LogP contribution in [-0.2, 0) is 10.8 Å². The molecule has 1 aromatic carbocycles. The molecule has 0 heterocycles. The molecule has 0 radical (unpaired) electrons. The van der Waals surface area contributed by atoms with E-state index in [-0.39, 0.29) is 10.8 Å². The van der Waals surface area contributed by atoms with Gasteiger partial charge in [0.1, 0.15) is 5.75 Å². The van der Waals surface area contributed by atoms with Crippen LogP contribution in [-0.4, -0.2) is 6.61 Å². The van der Waals surface area contributed by atoms with E-state index in [0.717, 1.165) is 5.75 Å². The molecule has 1 rings (SSSR count). The van der Waals surface area contributed by atoms with Crippen LogP contribution in [0.4, 0.5) is 0 Å². The molecule has 0 saturated heterocycles. The summed E-state index contributed by atoms with van der Waals surface area (Å²) in [6, 6.07) is 4.52. The summed E-state index contributed by atoms with van der Waals surface area (Å²) in [5.41, 5.74) is 3.84. The first-order valence-corrected chi connectivity index (χ1v) is 11.3. The second kappa shape index (κ2) is 11.0. The van der Waals surface area contributed by atoms with E-state index < -0.39 is 0 Å². The molecule has 0 aliphatic rings. The molecule has 0 spiro atoms. The fraction of sp³-hybridized carbons (Fsp3) is 0.545. The Bertz CT molecular complexity index is 525. The fourth-order valence-electron chi connectivity index (χ4n) is 2.34. The topological polar surface area (TPSA) is 9.23 Å². The first-order valence-electron chi connectivity index (χ1n) is 9.02. The monoisotopic (exact) mass is 380 g/mol. The van der Waals surface area contributed by atoms with Gasteiger partial charge in [0.05, 0.1) is 6.61 Å². The minimum Gasteiger partial charge on any atom is -0.493 e. The van der Waals surface area contributed by atoms with Gasteiger partial charge in [0.15, 0.2) is 0 Å². The Hall–Kier alpha value is -0.800. The minimum absolute atomic E-state index is 0.0391. The van der Waals surface area contributed by atoms with Crippen LogP contribution in [0.25, 0.3) is 6.08 Å². The molecule has 1 nitrogen and oxygen atoms in total. The van der Waals surface area contributed by atoms with Crippen LogP contribution in [0.2, 0.25) is 0 Å². The Kier molecular flexibility index (Phi) is 10.7. The van der Waals surface area contributed by atoms with E-state index in [2.05, 4.69) is 78.7 Å². The molecule has 3 heteroatoms. The normalized spacial score (nSPS) is 11.9. The second-order valence-electron chi connectivity index (χ2n) is 7.54. The molecule has 0 unspecified atom stereocenters. The van der Waals surface area contributed by atoms with Gasteiger partial charge < -0.3 is 4.74 Å². The smallest absolute Gasteiger partial charge is 0.126 e. The Morgan fingerprint density at radius 1 is 0.960 bits per heavy atom. The summed E-state index contributed by atoms with van der Waals surface area (Å²) < 4.78 is 6.07. The largest absolute Gasteiger partial charge is 0.493 e. The molecule has 0 aliphatic carbocycles. The van der Waals surface area contributed by atoms with E-state index in [9.17, 15) is 0 Å². The maximum Gasteiger partial charge on any atom is 0.126 e. The predicted molar refractivity (Wildman–Crippen MR) is 121 cm³/mol. The Balaban J connectivity index is 0.00000277. The molecule has 0 amide bonds. The maximum absolute atomic E-state index is 6.07. The van der Waals surface area contributed by atoms with Crippen molar-refractivity contribution in [3.05, 3.63) is 46.2 Å². The highest BCUT2D eigenvalue weighted by Crippen LogP contribution is 2.41. The highest BCUT2D eigenvalue weighted by molar-refractivity contribution is 8.79. The standard InChI is InChI=1S/C20H30OS2.C2H6/c1-9-21-18-16(19(3,4)5)13-15(11-12-23-22-10-2)14-17(18)20(6,7)8;1-2/h10-14H,2,9H2,1,3-8H3;1-2H3/b12-11+;. The van der Waals surface area contributed by atoms with Gasteiger partial charge in [-0.3, -0.25) is 0 Å². The van der Waals surface area contributed by atoms with Crippen LogP contribution in [0.3, 0.4) is 0 Å². The lowest BCUT2D eigenvalue weighted by molar-refractivity contribution is 0.319. The SMILES string of the molecule is C=CSS/C=C/c1cc(C(C)(C)C)c(OCC)c(C(C)(C)C)c1.CC. The van der Waals surface area contributed by atoms with E-state index >= 15 is 0 Å². The van der Waals surface area contributed by atoms with Crippen molar-refractivity contribution in [2.24, 2.45) is 0 Å². The molecule has 0 saturated carbocycles. The Morgan fingerprint density at radius 2 is 1.44 bits per heavy atom. The minimum atomic E-state index is 0.0391. The van der Waals surface area contributed by atoms with Crippen molar-refractivity contribution in [3.8, 4) is 5.75 Å². The number of hydrogen-bond donors (Lipinski definition) is 0. The van der Waals surface area contributed by atoms with Gasteiger partial charge in [0.25, 0.3) is 0 Å². The summed E-state index contributed by atoms with van der Waals surface area (Å²) in [5.74, 6) is 1.05. The molecule has 25 heavy (non-hydrogen) atoms. The van der Waals surface area contributed by atoms with Crippen molar-refractivity contribution in [2.45, 2.75) is 73.1 Å². The van der Waals surface area contributed by atoms with Crippen LogP contribution in [0.1, 0.15) is 79.0 Å². The summed E-state index contributed by atoms with van der Waals surface area (Å²) in [7, 11) is 3.30. The molecule has 0 N–H and O–H groups in total. The van der Waals surface area contributed by atoms with Gasteiger partial charge in [-0.05, 0) is 52.3 Å². The summed E-state index contributed by atoms with van der Waals surface area (Å²) in [5, 5.41) is 3.95. The van der Waals surface area contributed by atoms with Gasteiger partial charge in [-0.1, -0.05) is 83.6 Å². The van der Waals surface area contributed by atoms with Crippen molar-refractivity contribution in [1.82, 2.24) is 0 Å².